The maximum Gasteiger partial charge on any atom is 0.0773 e. The van der Waals surface area contributed by atoms with Gasteiger partial charge in [0.2, 0.25) is 0 Å². The van der Waals surface area contributed by atoms with E-state index in [1.807, 2.05) is 6.92 Å². The second kappa shape index (κ2) is 6.66. The van der Waals surface area contributed by atoms with Gasteiger partial charge >= 0.3 is 0 Å². The van der Waals surface area contributed by atoms with Gasteiger partial charge in [0.25, 0.3) is 0 Å². The number of benzene rings is 1. The van der Waals surface area contributed by atoms with Crippen molar-refractivity contribution in [2.45, 2.75) is 45.8 Å². The van der Waals surface area contributed by atoms with E-state index in [9.17, 15) is 0 Å². The first-order chi connectivity index (χ1) is 10.7. The summed E-state index contributed by atoms with van der Waals surface area (Å²) >= 11 is 0. The molecule has 1 aromatic carbocycles. The van der Waals surface area contributed by atoms with E-state index in [2.05, 4.69) is 81.9 Å². The molecule has 23 heavy (non-hydrogen) atoms. The average molecular weight is 330 g/mol. The molecular formula is C20H31NOSi. The normalized spacial score (nSPS) is 19.3. The van der Waals surface area contributed by atoms with Crippen molar-refractivity contribution in [1.82, 2.24) is 0 Å². The lowest BCUT2D eigenvalue weighted by Gasteiger charge is -2.27. The van der Waals surface area contributed by atoms with E-state index in [4.69, 9.17) is 4.74 Å². The van der Waals surface area contributed by atoms with Crippen LogP contribution in [-0.2, 0) is 10.2 Å². The fraction of sp³-hybridized carbons (Fsp3) is 0.500. The molecule has 0 amide bonds. The zero-order valence-corrected chi connectivity index (χ0v) is 16.7. The molecule has 0 spiro atoms. The summed E-state index contributed by atoms with van der Waals surface area (Å²) in [6.07, 6.45) is 4.71. The molecule has 0 aromatic heterocycles. The second-order valence-electron chi connectivity index (χ2n) is 7.80. The summed E-state index contributed by atoms with van der Waals surface area (Å²) in [6, 6.07) is 8.74. The lowest BCUT2D eigenvalue weighted by molar-refractivity contribution is 0.177. The Bertz CT molecular complexity index is 623. The molecule has 1 aliphatic rings. The topological polar surface area (TPSA) is 12.5 Å². The summed E-state index contributed by atoms with van der Waals surface area (Å²) in [5.74, 6) is 0. The third-order valence-electron chi connectivity index (χ3n) is 4.72. The summed E-state index contributed by atoms with van der Waals surface area (Å²) < 4.78 is 5.57. The van der Waals surface area contributed by atoms with Crippen molar-refractivity contribution in [2.24, 2.45) is 0 Å². The van der Waals surface area contributed by atoms with Crippen LogP contribution in [0.3, 0.4) is 0 Å². The number of anilines is 1. The largest absolute Gasteiger partial charge is 0.378 e. The molecule has 2 rings (SSSR count). The van der Waals surface area contributed by atoms with Gasteiger partial charge in [0.1, 0.15) is 0 Å². The fourth-order valence-corrected chi connectivity index (χ4v) is 4.52. The van der Waals surface area contributed by atoms with E-state index in [0.717, 1.165) is 6.61 Å². The van der Waals surface area contributed by atoms with Crippen LogP contribution < -0.4 is 4.90 Å². The fourth-order valence-electron chi connectivity index (χ4n) is 3.25. The number of rotatable bonds is 5. The van der Waals surface area contributed by atoms with Crippen molar-refractivity contribution >= 4 is 13.8 Å². The first kappa shape index (κ1) is 18.0. The number of ether oxygens (including phenoxy) is 1. The molecule has 3 heteroatoms. The lowest BCUT2D eigenvalue weighted by atomic mass is 9.84. The highest BCUT2D eigenvalue weighted by Crippen LogP contribution is 2.47. The summed E-state index contributed by atoms with van der Waals surface area (Å²) in [6.45, 7) is 15.4. The van der Waals surface area contributed by atoms with Crippen molar-refractivity contribution in [2.75, 3.05) is 25.2 Å². The van der Waals surface area contributed by atoms with Crippen LogP contribution >= 0.6 is 0 Å². The summed E-state index contributed by atoms with van der Waals surface area (Å²) in [5.41, 5.74) is 4.15. The van der Waals surface area contributed by atoms with Crippen molar-refractivity contribution in [3.8, 4) is 0 Å². The van der Waals surface area contributed by atoms with Crippen LogP contribution in [0.1, 0.15) is 26.3 Å². The maximum atomic E-state index is 5.57. The van der Waals surface area contributed by atoms with Gasteiger partial charge in [-0.15, -0.1) is 0 Å². The van der Waals surface area contributed by atoms with Crippen LogP contribution in [0.4, 0.5) is 5.69 Å². The highest BCUT2D eigenvalue weighted by atomic mass is 28.3. The Hall–Kier alpha value is -1.32. The third-order valence-corrected chi connectivity index (χ3v) is 6.80. The minimum absolute atomic E-state index is 0.0374. The van der Waals surface area contributed by atoms with Crippen LogP contribution in [0.15, 0.2) is 47.3 Å². The monoisotopic (exact) mass is 329 g/mol. The number of allylic oxidation sites excluding steroid dienone is 3. The Morgan fingerprint density at radius 3 is 2.43 bits per heavy atom. The molecular weight excluding hydrogens is 298 g/mol. The van der Waals surface area contributed by atoms with E-state index >= 15 is 0 Å². The predicted octanol–water partition coefficient (Wildman–Crippen LogP) is 5.14. The smallest absolute Gasteiger partial charge is 0.0773 e. The molecule has 0 saturated carbocycles. The Morgan fingerprint density at radius 1 is 1.22 bits per heavy atom. The van der Waals surface area contributed by atoms with E-state index < -0.39 is 8.07 Å². The number of nitrogens with zero attached hydrogens (tertiary/aromatic N) is 1. The molecule has 2 nitrogen and oxygen atoms in total. The minimum Gasteiger partial charge on any atom is -0.378 e. The van der Waals surface area contributed by atoms with Gasteiger partial charge in [-0.25, -0.2) is 0 Å². The van der Waals surface area contributed by atoms with Crippen LogP contribution in [0.25, 0.3) is 0 Å². The summed E-state index contributed by atoms with van der Waals surface area (Å²) in [7, 11) is 0.763. The zero-order valence-electron chi connectivity index (χ0n) is 15.7. The molecule has 0 saturated heterocycles. The van der Waals surface area contributed by atoms with Gasteiger partial charge in [0.05, 0.1) is 14.7 Å². The third kappa shape index (κ3) is 3.61. The highest BCUT2D eigenvalue weighted by molar-refractivity contribution is 6.83. The standard InChI is InChI=1S/C20H31NOSi/c1-8-22-14-13-16(23(5,6)7)15-19-20(2,3)17-11-9-10-12-18(17)21(19)4/h9-13,15H,8,14H2,1-7H3/b16-13+,19-15-. The molecule has 0 N–H and O–H groups in total. The zero-order chi connectivity index (χ0) is 17.3. The summed E-state index contributed by atoms with van der Waals surface area (Å²) in [4.78, 5) is 2.35. The van der Waals surface area contributed by atoms with Crippen molar-refractivity contribution in [3.05, 3.63) is 52.9 Å². The molecule has 1 aliphatic heterocycles. The van der Waals surface area contributed by atoms with Crippen molar-refractivity contribution < 1.29 is 4.74 Å². The van der Waals surface area contributed by atoms with Gasteiger partial charge in [-0.05, 0) is 24.6 Å². The first-order valence-corrected chi connectivity index (χ1v) is 12.0. The Balaban J connectivity index is 2.46. The number of para-hydroxylation sites is 1. The van der Waals surface area contributed by atoms with E-state index in [0.29, 0.717) is 6.61 Å². The SMILES string of the molecule is CCOC/C=C(\C=C1/N(C)c2ccccc2C1(C)C)[Si](C)(C)C. The number of fused-ring (bicyclic) bond motifs is 1. The average Bonchev–Trinajstić information content (AvgIpc) is 2.66. The van der Waals surface area contributed by atoms with Crippen molar-refractivity contribution in [3.63, 3.8) is 0 Å². The number of likely N-dealkylation sites (N-methyl/N-ethyl adjacent to an activating group) is 1. The Labute approximate surface area is 142 Å². The van der Waals surface area contributed by atoms with Gasteiger partial charge in [-0.3, -0.25) is 0 Å². The van der Waals surface area contributed by atoms with Crippen LogP contribution in [0.5, 0.6) is 0 Å². The number of hydrogen-bond donors (Lipinski definition) is 0. The molecule has 0 atom stereocenters. The first-order valence-electron chi connectivity index (χ1n) is 8.53. The quantitative estimate of drug-likeness (QED) is 0.548. The van der Waals surface area contributed by atoms with Gasteiger partial charge in [0, 0.05) is 30.5 Å². The predicted molar refractivity (Wildman–Crippen MR) is 104 cm³/mol. The highest BCUT2D eigenvalue weighted by Gasteiger charge is 2.38. The second-order valence-corrected chi connectivity index (χ2v) is 12.9. The molecule has 1 heterocycles. The van der Waals surface area contributed by atoms with E-state index in [1.165, 1.54) is 22.1 Å². The van der Waals surface area contributed by atoms with Crippen molar-refractivity contribution in [1.29, 1.82) is 0 Å². The summed E-state index contributed by atoms with van der Waals surface area (Å²) in [5, 5.41) is 1.47. The Kier molecular flexibility index (Phi) is 5.22. The molecule has 0 bridgehead atoms. The lowest BCUT2D eigenvalue weighted by Crippen LogP contribution is -2.28. The minimum atomic E-state index is -1.42. The van der Waals surface area contributed by atoms with E-state index in [-0.39, 0.29) is 5.41 Å². The van der Waals surface area contributed by atoms with Gasteiger partial charge in [-0.1, -0.05) is 63.0 Å². The Morgan fingerprint density at radius 2 is 1.87 bits per heavy atom. The van der Waals surface area contributed by atoms with E-state index in [1.54, 1.807) is 0 Å². The maximum absolute atomic E-state index is 5.57. The molecule has 0 unspecified atom stereocenters. The van der Waals surface area contributed by atoms with Crippen LogP contribution in [0.2, 0.25) is 19.6 Å². The molecule has 0 aliphatic carbocycles. The van der Waals surface area contributed by atoms with Gasteiger partial charge in [0.15, 0.2) is 0 Å². The molecule has 0 radical (unpaired) electrons. The number of hydrogen-bond acceptors (Lipinski definition) is 2. The molecule has 126 valence electrons. The molecule has 1 aromatic rings. The van der Waals surface area contributed by atoms with Crippen LogP contribution in [0, 0.1) is 0 Å². The molecule has 0 fully saturated rings. The van der Waals surface area contributed by atoms with Gasteiger partial charge in [-0.2, -0.15) is 0 Å². The van der Waals surface area contributed by atoms with Gasteiger partial charge < -0.3 is 9.64 Å². The van der Waals surface area contributed by atoms with Crippen LogP contribution in [-0.4, -0.2) is 28.3 Å².